The number of hydrogen-bond acceptors (Lipinski definition) is 4. The Kier molecular flexibility index (Phi) is 7.46. The first-order valence-corrected chi connectivity index (χ1v) is 8.46. The van der Waals surface area contributed by atoms with E-state index < -0.39 is 0 Å². The molecule has 0 spiro atoms. The lowest BCUT2D eigenvalue weighted by molar-refractivity contribution is 0.392. The molecule has 1 fully saturated rings. The van der Waals surface area contributed by atoms with Crippen molar-refractivity contribution in [2.45, 2.75) is 67.7 Å². The van der Waals surface area contributed by atoms with E-state index in [9.17, 15) is 0 Å². The number of rotatable bonds is 0. The molecule has 0 radical (unpaired) electrons. The molecule has 0 aromatic carbocycles. The normalized spacial score (nSPS) is 19.7. The highest BCUT2D eigenvalue weighted by Crippen LogP contribution is 2.29. The highest BCUT2D eigenvalue weighted by Gasteiger charge is 2.17. The molecule has 0 bridgehead atoms. The van der Waals surface area contributed by atoms with E-state index in [1.165, 1.54) is 19.3 Å². The Morgan fingerprint density at radius 3 is 1.65 bits per heavy atom. The van der Waals surface area contributed by atoms with E-state index in [0.717, 1.165) is 40.2 Å². The molecule has 0 saturated heterocycles. The van der Waals surface area contributed by atoms with Crippen LogP contribution in [0.3, 0.4) is 0 Å². The second kappa shape index (κ2) is 8.85. The van der Waals surface area contributed by atoms with Crippen LogP contribution in [0.4, 0.5) is 0 Å². The molecule has 0 aliphatic heterocycles. The van der Waals surface area contributed by atoms with Gasteiger partial charge in [0.15, 0.2) is 0 Å². The van der Waals surface area contributed by atoms with Gasteiger partial charge >= 0.3 is 0 Å². The zero-order valence-corrected chi connectivity index (χ0v) is 16.0. The van der Waals surface area contributed by atoms with Gasteiger partial charge in [0.1, 0.15) is 5.76 Å². The van der Waals surface area contributed by atoms with Gasteiger partial charge in [-0.3, -0.25) is 4.68 Å². The molecule has 1 aliphatic rings. The summed E-state index contributed by atoms with van der Waals surface area (Å²) in [5.41, 5.74) is 4.28. The summed E-state index contributed by atoms with van der Waals surface area (Å²) in [7, 11) is 1.88. The van der Waals surface area contributed by atoms with E-state index in [-0.39, 0.29) is 0 Å². The van der Waals surface area contributed by atoms with Gasteiger partial charge in [0.25, 0.3) is 0 Å². The van der Waals surface area contributed by atoms with Crippen molar-refractivity contribution in [3.63, 3.8) is 0 Å². The van der Waals surface area contributed by atoms with E-state index in [1.807, 2.05) is 41.7 Å². The Hall–Kier alpha value is -1.65. The average Bonchev–Trinajstić information content (AvgIpc) is 3.13. The van der Waals surface area contributed by atoms with Crippen LogP contribution in [0, 0.1) is 46.5 Å². The predicted octanol–water partition coefficient (Wildman–Crippen LogP) is 4.47. The molecule has 0 unspecified atom stereocenters. The summed E-state index contributed by atoms with van der Waals surface area (Å²) in [4.78, 5) is 0. The molecular formula is C18H32N4O. The van der Waals surface area contributed by atoms with Gasteiger partial charge in [-0.15, -0.1) is 5.10 Å². The molecule has 3 rings (SSSR count). The molecule has 1 saturated carbocycles. The summed E-state index contributed by atoms with van der Waals surface area (Å²) in [5.74, 6) is 2.95. The molecule has 2 aromatic heterocycles. The van der Waals surface area contributed by atoms with Crippen LogP contribution in [0.15, 0.2) is 4.52 Å². The van der Waals surface area contributed by atoms with Gasteiger partial charge in [0.05, 0.1) is 17.1 Å². The Labute approximate surface area is 140 Å². The molecule has 130 valence electrons. The molecule has 5 nitrogen and oxygen atoms in total. The number of hydrogen-bond donors (Lipinski definition) is 0. The molecule has 2 heterocycles. The highest BCUT2D eigenvalue weighted by molar-refractivity contribution is 5.17. The van der Waals surface area contributed by atoms with Crippen molar-refractivity contribution >= 4 is 0 Å². The SMILES string of the molecule is C[C@@H]1CCC[C@@H]1C.Cc1nnn(C)c1C.Cc1noc(C)c1C. The highest BCUT2D eigenvalue weighted by atomic mass is 16.5. The second-order valence-corrected chi connectivity index (χ2v) is 6.72. The van der Waals surface area contributed by atoms with Crippen LogP contribution in [-0.4, -0.2) is 20.2 Å². The lowest BCUT2D eigenvalue weighted by Crippen LogP contribution is -1.95. The summed E-state index contributed by atoms with van der Waals surface area (Å²) in [5, 5.41) is 11.4. The third-order valence-electron chi connectivity index (χ3n) is 5.02. The Bertz CT molecular complexity index is 509. The molecular weight excluding hydrogens is 288 g/mol. The van der Waals surface area contributed by atoms with Crippen LogP contribution in [-0.2, 0) is 7.05 Å². The maximum Gasteiger partial charge on any atom is 0.136 e. The van der Waals surface area contributed by atoms with Crippen molar-refractivity contribution in [2.75, 3.05) is 0 Å². The fraction of sp³-hybridized carbons (Fsp3) is 0.722. The van der Waals surface area contributed by atoms with Crippen LogP contribution in [0.5, 0.6) is 0 Å². The van der Waals surface area contributed by atoms with Crippen molar-refractivity contribution in [1.29, 1.82) is 0 Å². The van der Waals surface area contributed by atoms with E-state index >= 15 is 0 Å². The quantitative estimate of drug-likeness (QED) is 0.718. The largest absolute Gasteiger partial charge is 0.361 e. The van der Waals surface area contributed by atoms with Crippen molar-refractivity contribution in [3.05, 3.63) is 28.4 Å². The van der Waals surface area contributed by atoms with Crippen LogP contribution in [0.25, 0.3) is 0 Å². The van der Waals surface area contributed by atoms with Crippen molar-refractivity contribution in [2.24, 2.45) is 18.9 Å². The molecule has 2 aromatic rings. The van der Waals surface area contributed by atoms with Gasteiger partial charge in [-0.2, -0.15) is 0 Å². The van der Waals surface area contributed by atoms with Crippen LogP contribution < -0.4 is 0 Å². The Morgan fingerprint density at radius 2 is 1.52 bits per heavy atom. The number of aryl methyl sites for hydroxylation is 4. The molecule has 2 atom stereocenters. The topological polar surface area (TPSA) is 56.7 Å². The number of aromatic nitrogens is 4. The summed E-state index contributed by atoms with van der Waals surface area (Å²) < 4.78 is 6.60. The zero-order chi connectivity index (χ0) is 17.6. The van der Waals surface area contributed by atoms with E-state index in [2.05, 4.69) is 29.3 Å². The first kappa shape index (κ1) is 19.4. The van der Waals surface area contributed by atoms with Crippen molar-refractivity contribution in [1.82, 2.24) is 20.2 Å². The van der Waals surface area contributed by atoms with Crippen LogP contribution in [0.1, 0.15) is 61.5 Å². The number of nitrogens with zero attached hydrogens (tertiary/aromatic N) is 4. The van der Waals surface area contributed by atoms with Crippen LogP contribution >= 0.6 is 0 Å². The fourth-order valence-electron chi connectivity index (χ4n) is 2.37. The molecule has 23 heavy (non-hydrogen) atoms. The lowest BCUT2D eigenvalue weighted by Gasteiger charge is -2.05. The summed E-state index contributed by atoms with van der Waals surface area (Å²) in [6.07, 6.45) is 4.42. The van der Waals surface area contributed by atoms with Crippen molar-refractivity contribution < 1.29 is 4.52 Å². The minimum absolute atomic E-state index is 0.919. The second-order valence-electron chi connectivity index (χ2n) is 6.72. The Morgan fingerprint density at radius 1 is 0.957 bits per heavy atom. The third kappa shape index (κ3) is 5.81. The first-order chi connectivity index (χ1) is 10.7. The van der Waals surface area contributed by atoms with E-state index in [0.29, 0.717) is 0 Å². The van der Waals surface area contributed by atoms with E-state index in [1.54, 1.807) is 4.68 Å². The minimum atomic E-state index is 0.919. The fourth-order valence-corrected chi connectivity index (χ4v) is 2.37. The van der Waals surface area contributed by atoms with Gasteiger partial charge in [-0.25, -0.2) is 0 Å². The summed E-state index contributed by atoms with van der Waals surface area (Å²) in [6, 6.07) is 0. The van der Waals surface area contributed by atoms with Gasteiger partial charge in [-0.05, 0) is 46.5 Å². The molecule has 0 N–H and O–H groups in total. The van der Waals surface area contributed by atoms with Crippen molar-refractivity contribution in [3.8, 4) is 0 Å². The zero-order valence-electron chi connectivity index (χ0n) is 16.0. The summed E-state index contributed by atoms with van der Waals surface area (Å²) in [6.45, 7) is 14.5. The predicted molar refractivity (Wildman–Crippen MR) is 93.4 cm³/mol. The van der Waals surface area contributed by atoms with Gasteiger partial charge < -0.3 is 4.52 Å². The lowest BCUT2D eigenvalue weighted by atomic mass is 10.0. The smallest absolute Gasteiger partial charge is 0.136 e. The van der Waals surface area contributed by atoms with E-state index in [4.69, 9.17) is 4.52 Å². The van der Waals surface area contributed by atoms with Gasteiger partial charge in [0.2, 0.25) is 0 Å². The molecule has 1 aliphatic carbocycles. The summed E-state index contributed by atoms with van der Waals surface area (Å²) >= 11 is 0. The third-order valence-corrected chi connectivity index (χ3v) is 5.02. The molecule has 5 heteroatoms. The van der Waals surface area contributed by atoms with Crippen LogP contribution in [0.2, 0.25) is 0 Å². The minimum Gasteiger partial charge on any atom is -0.361 e. The maximum atomic E-state index is 4.84. The van der Waals surface area contributed by atoms with Gasteiger partial charge in [0, 0.05) is 12.6 Å². The van der Waals surface area contributed by atoms with Gasteiger partial charge in [-0.1, -0.05) is 43.5 Å². The Balaban J connectivity index is 0.000000173. The average molecular weight is 320 g/mol. The standard InChI is InChI=1S/C7H14.C6H9NO.C5H9N3/c1-6-4-3-5-7(6)2;1-4-5(2)7-8-6(4)3;1-4-5(2)8(3)7-6-4/h6-7H,3-5H2,1-2H3;2*1-3H3/t6-,7+;;. The molecule has 0 amide bonds. The first-order valence-electron chi connectivity index (χ1n) is 8.46. The maximum absolute atomic E-state index is 4.84. The monoisotopic (exact) mass is 320 g/mol.